The second-order valence-corrected chi connectivity index (χ2v) is 3.41. The van der Waals surface area contributed by atoms with E-state index >= 15 is 0 Å². The van der Waals surface area contributed by atoms with Gasteiger partial charge in [0.1, 0.15) is 0 Å². The van der Waals surface area contributed by atoms with E-state index in [-0.39, 0.29) is 0 Å². The highest BCUT2D eigenvalue weighted by molar-refractivity contribution is 5.31. The van der Waals surface area contributed by atoms with Gasteiger partial charge in [-0.15, -0.1) is 11.8 Å². The zero-order chi connectivity index (χ0) is 10.9. The number of hydrogen-bond donors (Lipinski definition) is 0. The van der Waals surface area contributed by atoms with Gasteiger partial charge in [-0.2, -0.15) is 5.26 Å². The highest BCUT2D eigenvalue weighted by Gasteiger charge is 1.92. The highest BCUT2D eigenvalue weighted by Crippen LogP contribution is 2.05. The van der Waals surface area contributed by atoms with E-state index in [4.69, 9.17) is 5.26 Å². The lowest BCUT2D eigenvalue weighted by molar-refractivity contribution is 0.973. The van der Waals surface area contributed by atoms with Crippen molar-refractivity contribution in [3.8, 4) is 17.9 Å². The summed E-state index contributed by atoms with van der Waals surface area (Å²) in [4.78, 5) is 0. The van der Waals surface area contributed by atoms with Crippen LogP contribution in [0.1, 0.15) is 37.3 Å². The number of nitriles is 1. The van der Waals surface area contributed by atoms with Crippen molar-refractivity contribution in [3.05, 3.63) is 35.4 Å². The van der Waals surface area contributed by atoms with E-state index in [1.54, 1.807) is 0 Å². The van der Waals surface area contributed by atoms with Gasteiger partial charge >= 0.3 is 0 Å². The van der Waals surface area contributed by atoms with Crippen LogP contribution in [0.25, 0.3) is 0 Å². The van der Waals surface area contributed by atoms with Crippen LogP contribution in [0.4, 0.5) is 0 Å². The van der Waals surface area contributed by atoms with Crippen LogP contribution in [-0.4, -0.2) is 0 Å². The number of hydrogen-bond acceptors (Lipinski definition) is 1. The molecule has 0 N–H and O–H groups in total. The number of rotatable bonds is 3. The summed E-state index contributed by atoms with van der Waals surface area (Å²) in [6, 6.07) is 9.82. The quantitative estimate of drug-likeness (QED) is 0.682. The second kappa shape index (κ2) is 6.68. The van der Waals surface area contributed by atoms with Crippen LogP contribution in [0, 0.1) is 23.2 Å². The average Bonchev–Trinajstić information content (AvgIpc) is 2.30. The fourth-order valence-electron chi connectivity index (χ4n) is 1.25. The van der Waals surface area contributed by atoms with E-state index in [0.717, 1.165) is 31.2 Å². The molecule has 76 valence electrons. The van der Waals surface area contributed by atoms with Crippen LogP contribution in [0.2, 0.25) is 0 Å². The maximum absolute atomic E-state index is 8.63. The van der Waals surface area contributed by atoms with Gasteiger partial charge in [0, 0.05) is 12.8 Å². The van der Waals surface area contributed by atoms with Crippen molar-refractivity contribution >= 4 is 0 Å². The normalized spacial score (nSPS) is 8.80. The first-order chi connectivity index (χ1) is 7.36. The molecule has 0 aromatic heterocycles. The van der Waals surface area contributed by atoms with Crippen molar-refractivity contribution in [3.63, 3.8) is 0 Å². The maximum Gasteiger partial charge on any atom is 0.0991 e. The first-order valence-corrected chi connectivity index (χ1v) is 5.31. The monoisotopic (exact) mass is 197 g/mol. The molecule has 15 heavy (non-hydrogen) atoms. The van der Waals surface area contributed by atoms with Crippen molar-refractivity contribution in [2.24, 2.45) is 0 Å². The first-order valence-electron chi connectivity index (χ1n) is 5.31. The van der Waals surface area contributed by atoms with E-state index in [1.807, 2.05) is 24.3 Å². The van der Waals surface area contributed by atoms with Gasteiger partial charge in [-0.05, 0) is 30.5 Å². The molecule has 0 atom stereocenters. The minimum atomic E-state index is 0.718. The maximum atomic E-state index is 8.63. The molecular weight excluding hydrogens is 182 g/mol. The Morgan fingerprint density at radius 1 is 1.07 bits per heavy atom. The molecule has 1 heteroatoms. The van der Waals surface area contributed by atoms with Gasteiger partial charge in [-0.1, -0.05) is 19.1 Å². The summed E-state index contributed by atoms with van der Waals surface area (Å²) in [7, 11) is 0. The van der Waals surface area contributed by atoms with Crippen molar-refractivity contribution in [1.82, 2.24) is 0 Å². The minimum Gasteiger partial charge on any atom is -0.192 e. The summed E-state index contributed by atoms with van der Waals surface area (Å²) < 4.78 is 0. The summed E-state index contributed by atoms with van der Waals surface area (Å²) in [5.74, 6) is 6.27. The third kappa shape index (κ3) is 4.34. The number of benzene rings is 1. The van der Waals surface area contributed by atoms with Gasteiger partial charge in [-0.3, -0.25) is 0 Å². The number of aryl methyl sites for hydroxylation is 1. The van der Waals surface area contributed by atoms with Gasteiger partial charge in [0.2, 0.25) is 0 Å². The molecule has 1 aromatic carbocycles. The lowest BCUT2D eigenvalue weighted by Gasteiger charge is -1.96. The fraction of sp³-hybridized carbons (Fsp3) is 0.357. The van der Waals surface area contributed by atoms with Crippen LogP contribution < -0.4 is 0 Å². The van der Waals surface area contributed by atoms with Crippen LogP contribution in [0.3, 0.4) is 0 Å². The smallest absolute Gasteiger partial charge is 0.0991 e. The second-order valence-electron chi connectivity index (χ2n) is 3.41. The first kappa shape index (κ1) is 11.3. The Kier molecular flexibility index (Phi) is 5.06. The Morgan fingerprint density at radius 2 is 1.73 bits per heavy atom. The average molecular weight is 197 g/mol. The van der Waals surface area contributed by atoms with E-state index < -0.39 is 0 Å². The summed E-state index contributed by atoms with van der Waals surface area (Å²) >= 11 is 0. The SMILES string of the molecule is CCCC#CCCc1ccc(C#N)cc1. The topological polar surface area (TPSA) is 23.8 Å². The fourth-order valence-corrected chi connectivity index (χ4v) is 1.25. The molecular formula is C14H15N. The van der Waals surface area contributed by atoms with Crippen LogP contribution in [0.15, 0.2) is 24.3 Å². The van der Waals surface area contributed by atoms with E-state index in [9.17, 15) is 0 Å². The van der Waals surface area contributed by atoms with Gasteiger partial charge < -0.3 is 0 Å². The molecule has 0 aliphatic heterocycles. The molecule has 1 rings (SSSR count). The third-order valence-corrected chi connectivity index (χ3v) is 2.12. The standard InChI is InChI=1S/C14H15N/c1-2-3-4-5-6-7-13-8-10-14(12-15)11-9-13/h8-11H,2-3,6-7H2,1H3. The van der Waals surface area contributed by atoms with E-state index in [0.29, 0.717) is 0 Å². The molecule has 0 heterocycles. The zero-order valence-electron chi connectivity index (χ0n) is 9.09. The van der Waals surface area contributed by atoms with Gasteiger partial charge in [0.15, 0.2) is 0 Å². The molecule has 0 unspecified atom stereocenters. The molecule has 0 aliphatic rings. The predicted octanol–water partition coefficient (Wildman–Crippen LogP) is 3.29. The molecule has 0 radical (unpaired) electrons. The van der Waals surface area contributed by atoms with Crippen molar-refractivity contribution in [2.75, 3.05) is 0 Å². The van der Waals surface area contributed by atoms with Crippen molar-refractivity contribution in [2.45, 2.75) is 32.6 Å². The van der Waals surface area contributed by atoms with Crippen LogP contribution >= 0.6 is 0 Å². The summed E-state index contributed by atoms with van der Waals surface area (Å²) in [6.07, 6.45) is 4.01. The molecule has 0 saturated heterocycles. The molecule has 0 saturated carbocycles. The van der Waals surface area contributed by atoms with E-state index in [2.05, 4.69) is 24.8 Å². The third-order valence-electron chi connectivity index (χ3n) is 2.12. The molecule has 1 nitrogen and oxygen atoms in total. The Bertz CT molecular complexity index is 384. The van der Waals surface area contributed by atoms with Gasteiger partial charge in [-0.25, -0.2) is 0 Å². The Labute approximate surface area is 91.7 Å². The Hall–Kier alpha value is -1.73. The molecule has 0 fully saturated rings. The van der Waals surface area contributed by atoms with E-state index in [1.165, 1.54) is 5.56 Å². The zero-order valence-corrected chi connectivity index (χ0v) is 9.09. The van der Waals surface area contributed by atoms with Crippen LogP contribution in [-0.2, 0) is 6.42 Å². The van der Waals surface area contributed by atoms with Gasteiger partial charge in [0.25, 0.3) is 0 Å². The Balaban J connectivity index is 2.39. The van der Waals surface area contributed by atoms with Crippen LogP contribution in [0.5, 0.6) is 0 Å². The lowest BCUT2D eigenvalue weighted by Crippen LogP contribution is -1.83. The lowest BCUT2D eigenvalue weighted by atomic mass is 10.1. The molecule has 0 bridgehead atoms. The largest absolute Gasteiger partial charge is 0.192 e. The number of nitrogens with zero attached hydrogens (tertiary/aromatic N) is 1. The number of unbranched alkanes of at least 4 members (excludes halogenated alkanes) is 1. The highest BCUT2D eigenvalue weighted by atomic mass is 14.2. The summed E-state index contributed by atoms with van der Waals surface area (Å²) in [5, 5.41) is 8.63. The Morgan fingerprint density at radius 3 is 2.33 bits per heavy atom. The summed E-state index contributed by atoms with van der Waals surface area (Å²) in [6.45, 7) is 2.13. The molecule has 0 amide bonds. The predicted molar refractivity (Wildman–Crippen MR) is 62.2 cm³/mol. The minimum absolute atomic E-state index is 0.718. The molecule has 1 aromatic rings. The molecule has 0 aliphatic carbocycles. The van der Waals surface area contributed by atoms with Crippen molar-refractivity contribution < 1.29 is 0 Å². The van der Waals surface area contributed by atoms with Gasteiger partial charge in [0.05, 0.1) is 11.6 Å². The summed E-state index contributed by atoms with van der Waals surface area (Å²) in [5.41, 5.74) is 1.97. The molecule has 0 spiro atoms. The van der Waals surface area contributed by atoms with Crippen molar-refractivity contribution in [1.29, 1.82) is 5.26 Å².